The van der Waals surface area contributed by atoms with E-state index in [9.17, 15) is 26.4 Å². The van der Waals surface area contributed by atoms with E-state index in [0.29, 0.717) is 24.1 Å². The van der Waals surface area contributed by atoms with Crippen LogP contribution in [-0.2, 0) is 14.6 Å². The molecule has 0 unspecified atom stereocenters. The number of hydrogen-bond donors (Lipinski definition) is 1. The lowest BCUT2D eigenvalue weighted by Gasteiger charge is -2.16. The first-order valence-corrected chi connectivity index (χ1v) is 13.0. The summed E-state index contributed by atoms with van der Waals surface area (Å²) < 4.78 is 68.7. The van der Waals surface area contributed by atoms with Gasteiger partial charge in [0.2, 0.25) is 11.8 Å². The molecule has 1 aromatic carbocycles. The molecule has 0 aliphatic heterocycles. The number of nitrogen functional groups attached to an aromatic ring is 1. The van der Waals surface area contributed by atoms with E-state index in [-0.39, 0.29) is 46.6 Å². The van der Waals surface area contributed by atoms with Gasteiger partial charge in [-0.25, -0.2) is 26.6 Å². The number of nitrogens with zero attached hydrogens (tertiary/aromatic N) is 3. The van der Waals surface area contributed by atoms with Gasteiger partial charge < -0.3 is 10.5 Å². The van der Waals surface area contributed by atoms with Crippen molar-refractivity contribution in [2.45, 2.75) is 32.6 Å². The number of aromatic nitrogens is 3. The van der Waals surface area contributed by atoms with Crippen LogP contribution in [0.25, 0.3) is 22.4 Å². The average Bonchev–Trinajstić information content (AvgIpc) is 2.79. The van der Waals surface area contributed by atoms with E-state index in [2.05, 4.69) is 15.0 Å². The number of hydrogen-bond acceptors (Lipinski definition) is 8. The van der Waals surface area contributed by atoms with Crippen LogP contribution in [0, 0.1) is 12.7 Å². The van der Waals surface area contributed by atoms with E-state index in [1.165, 1.54) is 36.4 Å². The molecular weight excluding hydrogens is 497 g/mol. The van der Waals surface area contributed by atoms with Gasteiger partial charge in [0.05, 0.1) is 11.3 Å². The highest BCUT2D eigenvalue weighted by atomic mass is 32.2. The van der Waals surface area contributed by atoms with Crippen LogP contribution in [0.3, 0.4) is 0 Å². The van der Waals surface area contributed by atoms with Crippen molar-refractivity contribution in [2.75, 3.05) is 24.3 Å². The lowest BCUT2D eigenvalue weighted by molar-refractivity contribution is -0.121. The number of ether oxygens (including phenoxy) is 1. The maximum Gasteiger partial charge on any atom is 0.280 e. The first-order chi connectivity index (χ1) is 16.9. The predicted octanol–water partition coefficient (Wildman–Crippen LogP) is 4.34. The number of unbranched alkanes of at least 4 members (excludes halogenated alkanes) is 1. The molecule has 0 bridgehead atoms. The van der Waals surface area contributed by atoms with E-state index >= 15 is 0 Å². The van der Waals surface area contributed by atoms with Gasteiger partial charge in [-0.15, -0.1) is 0 Å². The topological polar surface area (TPSA) is 125 Å². The Morgan fingerprint density at radius 1 is 1.06 bits per heavy atom. The molecule has 0 aliphatic carbocycles. The van der Waals surface area contributed by atoms with Crippen LogP contribution in [0.5, 0.6) is 5.88 Å². The third-order valence-corrected chi connectivity index (χ3v) is 6.12. The number of ketones is 1. The highest BCUT2D eigenvalue weighted by Crippen LogP contribution is 2.39. The number of anilines is 1. The number of Topliss-reactive ketones (excluding diaryl/α,β-unsaturated/α-hetero) is 1. The van der Waals surface area contributed by atoms with Gasteiger partial charge in [-0.05, 0) is 61.7 Å². The van der Waals surface area contributed by atoms with Gasteiger partial charge >= 0.3 is 0 Å². The highest BCUT2D eigenvalue weighted by Gasteiger charge is 2.22. The zero-order valence-corrected chi connectivity index (χ0v) is 20.5. The van der Waals surface area contributed by atoms with Crippen LogP contribution in [0.4, 0.5) is 19.1 Å². The molecule has 3 rings (SSSR count). The first kappa shape index (κ1) is 27.1. The van der Waals surface area contributed by atoms with Crippen molar-refractivity contribution in [3.63, 3.8) is 0 Å². The summed E-state index contributed by atoms with van der Waals surface area (Å²) in [5.41, 5.74) is 6.77. The lowest BCUT2D eigenvalue weighted by Crippen LogP contribution is -2.14. The number of alkyl halides is 2. The predicted molar refractivity (Wildman–Crippen MR) is 129 cm³/mol. The van der Waals surface area contributed by atoms with Gasteiger partial charge in [0.25, 0.3) is 6.43 Å². The molecule has 8 nitrogen and oxygen atoms in total. The standard InChI is InChI=1S/C24H25F3N4O4S/c1-14-11-16(12-19(29-14)22(26)27)20-21(15-6-8-17(25)9-7-15)30-24(28)31-23(20)35-13-18(32)5-3-4-10-36(2,33)34/h6-9,11-12,22H,3-5,10,13H2,1-2H3,(H2,28,30,31). The van der Waals surface area contributed by atoms with Crippen LogP contribution < -0.4 is 10.5 Å². The molecule has 0 saturated heterocycles. The monoisotopic (exact) mass is 522 g/mol. The van der Waals surface area contributed by atoms with Gasteiger partial charge in [0.15, 0.2) is 5.78 Å². The summed E-state index contributed by atoms with van der Waals surface area (Å²) in [6.07, 6.45) is -0.947. The fourth-order valence-electron chi connectivity index (χ4n) is 3.50. The maximum absolute atomic E-state index is 13.5. The van der Waals surface area contributed by atoms with Crippen molar-refractivity contribution < 1.29 is 31.1 Å². The van der Waals surface area contributed by atoms with E-state index in [4.69, 9.17) is 10.5 Å². The number of carbonyl (C=O) groups excluding carboxylic acids is 1. The molecule has 0 amide bonds. The van der Waals surface area contributed by atoms with Crippen molar-refractivity contribution >= 4 is 21.6 Å². The molecular formula is C24H25F3N4O4S. The minimum absolute atomic E-state index is 0.0252. The fraction of sp³-hybridized carbons (Fsp3) is 0.333. The van der Waals surface area contributed by atoms with Gasteiger partial charge in [0.1, 0.15) is 28.0 Å². The Balaban J connectivity index is 1.98. The number of halogens is 3. The summed E-state index contributed by atoms with van der Waals surface area (Å²) in [6, 6.07) is 8.01. The Morgan fingerprint density at radius 2 is 1.75 bits per heavy atom. The number of carbonyl (C=O) groups is 1. The summed E-state index contributed by atoms with van der Waals surface area (Å²) in [6.45, 7) is 1.14. The number of sulfone groups is 1. The SMILES string of the molecule is Cc1cc(-c2c(OCC(=O)CCCCS(C)(=O)=O)nc(N)nc2-c2ccc(F)cc2)cc(C(F)F)n1. The lowest BCUT2D eigenvalue weighted by atomic mass is 9.99. The molecule has 3 aromatic rings. The van der Waals surface area contributed by atoms with Crippen LogP contribution in [-0.4, -0.2) is 47.8 Å². The summed E-state index contributed by atoms with van der Waals surface area (Å²) in [4.78, 5) is 24.5. The van der Waals surface area contributed by atoms with E-state index in [1.807, 2.05) is 0 Å². The zero-order valence-electron chi connectivity index (χ0n) is 19.7. The number of benzene rings is 1. The molecule has 2 heterocycles. The van der Waals surface area contributed by atoms with E-state index in [1.54, 1.807) is 6.92 Å². The summed E-state index contributed by atoms with van der Waals surface area (Å²) in [5.74, 6) is -1.14. The first-order valence-electron chi connectivity index (χ1n) is 11.0. The summed E-state index contributed by atoms with van der Waals surface area (Å²) in [5, 5.41) is 0. The molecule has 2 N–H and O–H groups in total. The Labute approximate surface area is 206 Å². The minimum Gasteiger partial charge on any atom is -0.469 e. The van der Waals surface area contributed by atoms with Gasteiger partial charge in [-0.3, -0.25) is 9.78 Å². The highest BCUT2D eigenvalue weighted by molar-refractivity contribution is 7.90. The van der Waals surface area contributed by atoms with Crippen molar-refractivity contribution in [3.05, 3.63) is 53.6 Å². The molecule has 0 atom stereocenters. The second-order valence-electron chi connectivity index (χ2n) is 8.25. The molecule has 0 radical (unpaired) electrons. The Morgan fingerprint density at radius 3 is 2.39 bits per heavy atom. The van der Waals surface area contributed by atoms with E-state index < -0.39 is 34.4 Å². The van der Waals surface area contributed by atoms with Gasteiger partial charge in [0, 0.05) is 29.7 Å². The Bertz CT molecular complexity index is 1350. The van der Waals surface area contributed by atoms with Gasteiger partial charge in [-0.1, -0.05) is 0 Å². The Kier molecular flexibility index (Phi) is 8.62. The molecule has 12 heteroatoms. The van der Waals surface area contributed by atoms with Crippen LogP contribution in [0.15, 0.2) is 36.4 Å². The largest absolute Gasteiger partial charge is 0.469 e. The number of aryl methyl sites for hydroxylation is 1. The number of nitrogens with two attached hydrogens (primary N) is 1. The third-order valence-electron chi connectivity index (χ3n) is 5.09. The molecule has 36 heavy (non-hydrogen) atoms. The smallest absolute Gasteiger partial charge is 0.280 e. The minimum atomic E-state index is -3.12. The summed E-state index contributed by atoms with van der Waals surface area (Å²) in [7, 11) is -3.12. The Hall–Kier alpha value is -3.54. The second-order valence-corrected chi connectivity index (χ2v) is 10.5. The molecule has 0 spiro atoms. The zero-order chi connectivity index (χ0) is 26.5. The maximum atomic E-state index is 13.5. The molecule has 0 fully saturated rings. The second kappa shape index (κ2) is 11.5. The third kappa shape index (κ3) is 7.48. The normalized spacial score (nSPS) is 11.6. The van der Waals surface area contributed by atoms with Crippen molar-refractivity contribution in [1.29, 1.82) is 0 Å². The van der Waals surface area contributed by atoms with Crippen LogP contribution in [0.2, 0.25) is 0 Å². The summed E-state index contributed by atoms with van der Waals surface area (Å²) >= 11 is 0. The fourth-order valence-corrected chi connectivity index (χ4v) is 4.22. The van der Waals surface area contributed by atoms with Crippen LogP contribution >= 0.6 is 0 Å². The van der Waals surface area contributed by atoms with Crippen molar-refractivity contribution in [2.24, 2.45) is 0 Å². The van der Waals surface area contributed by atoms with Gasteiger partial charge in [-0.2, -0.15) is 4.98 Å². The molecule has 2 aromatic heterocycles. The van der Waals surface area contributed by atoms with Crippen molar-refractivity contribution in [3.8, 4) is 28.3 Å². The molecule has 0 saturated carbocycles. The van der Waals surface area contributed by atoms with Crippen molar-refractivity contribution in [1.82, 2.24) is 15.0 Å². The van der Waals surface area contributed by atoms with Crippen LogP contribution in [0.1, 0.15) is 37.1 Å². The molecule has 0 aliphatic rings. The number of pyridine rings is 1. The quantitative estimate of drug-likeness (QED) is 0.369. The average molecular weight is 523 g/mol. The number of rotatable bonds is 11. The molecule has 192 valence electrons. The van der Waals surface area contributed by atoms with E-state index in [0.717, 1.165) is 6.26 Å².